The summed E-state index contributed by atoms with van der Waals surface area (Å²) in [5.74, 6) is -6.47. The van der Waals surface area contributed by atoms with E-state index in [1.165, 1.54) is 21.0 Å². The van der Waals surface area contributed by atoms with Crippen LogP contribution >= 0.6 is 0 Å². The molecule has 0 aliphatic heterocycles. The van der Waals surface area contributed by atoms with Gasteiger partial charge in [-0.15, -0.1) is 0 Å². The van der Waals surface area contributed by atoms with E-state index in [-0.39, 0.29) is 13.0 Å². The Balaban J connectivity index is 4.98. The van der Waals surface area contributed by atoms with Gasteiger partial charge in [-0.25, -0.2) is 4.79 Å². The Morgan fingerprint density at radius 2 is 1.35 bits per heavy atom. The summed E-state index contributed by atoms with van der Waals surface area (Å²) >= 11 is 0. The lowest BCUT2D eigenvalue weighted by Crippen LogP contribution is -2.53. The van der Waals surface area contributed by atoms with Crippen LogP contribution in [0, 0.1) is 0 Å². The molecular formula is C21H37N7O9. The second-order valence-electron chi connectivity index (χ2n) is 8.41. The van der Waals surface area contributed by atoms with Crippen LogP contribution in [-0.2, 0) is 33.6 Å². The third kappa shape index (κ3) is 13.8. The Morgan fingerprint density at radius 3 is 1.86 bits per heavy atom. The molecule has 0 heterocycles. The lowest BCUT2D eigenvalue weighted by atomic mass is 10.1. The summed E-state index contributed by atoms with van der Waals surface area (Å²) in [5.41, 5.74) is 10.8. The van der Waals surface area contributed by atoms with Crippen molar-refractivity contribution in [1.29, 1.82) is 0 Å². The maximum absolute atomic E-state index is 12.7. The van der Waals surface area contributed by atoms with E-state index in [4.69, 9.17) is 16.6 Å². The largest absolute Gasteiger partial charge is 0.481 e. The molecule has 0 fully saturated rings. The number of nitrogens with zero attached hydrogens (tertiary/aromatic N) is 2. The number of hydrogen-bond donors (Lipinski definition) is 7. The van der Waals surface area contributed by atoms with E-state index < -0.39 is 79.1 Å². The van der Waals surface area contributed by atoms with E-state index in [2.05, 4.69) is 16.0 Å². The van der Waals surface area contributed by atoms with Gasteiger partial charge in [-0.05, 0) is 32.7 Å². The molecule has 210 valence electrons. The number of hydrogen-bond acceptors (Lipinski definition) is 9. The molecule has 0 radical (unpaired) electrons. The molecule has 16 heteroatoms. The summed E-state index contributed by atoms with van der Waals surface area (Å²) in [4.78, 5) is 85.3. The quantitative estimate of drug-likeness (QED) is 0.0890. The highest BCUT2D eigenvalue weighted by Crippen LogP contribution is 2.03. The molecule has 16 nitrogen and oxygen atoms in total. The van der Waals surface area contributed by atoms with Crippen LogP contribution in [0.2, 0.25) is 0 Å². The number of aliphatic carboxylic acids is 2. The van der Waals surface area contributed by atoms with E-state index in [1.807, 2.05) is 0 Å². The number of carbonyl (C=O) groups is 7. The lowest BCUT2D eigenvalue weighted by Gasteiger charge is -2.24. The summed E-state index contributed by atoms with van der Waals surface area (Å²) in [5, 5.41) is 25.1. The van der Waals surface area contributed by atoms with Gasteiger partial charge in [0.15, 0.2) is 0 Å². The summed E-state index contributed by atoms with van der Waals surface area (Å²) in [6.07, 6.45) is 0.350. The van der Waals surface area contributed by atoms with Crippen LogP contribution in [0.15, 0.2) is 0 Å². The minimum absolute atomic E-state index is 0.133. The Kier molecular flexibility index (Phi) is 15.1. The van der Waals surface area contributed by atoms with Gasteiger partial charge in [-0.2, -0.15) is 0 Å². The number of carboxylic acid groups (broad SMARTS) is 2. The van der Waals surface area contributed by atoms with Gasteiger partial charge in [0, 0.05) is 14.1 Å². The van der Waals surface area contributed by atoms with Crippen molar-refractivity contribution in [1.82, 2.24) is 25.8 Å². The van der Waals surface area contributed by atoms with E-state index >= 15 is 0 Å². The molecule has 0 aromatic heterocycles. The molecule has 37 heavy (non-hydrogen) atoms. The molecule has 0 aliphatic carbocycles. The summed E-state index contributed by atoms with van der Waals surface area (Å²) in [7, 11) is 2.53. The molecule has 0 rings (SSSR count). The third-order valence-corrected chi connectivity index (χ3v) is 4.94. The molecule has 3 atom stereocenters. The molecule has 0 spiro atoms. The number of likely N-dealkylation sites (N-methyl/N-ethyl adjacent to an activating group) is 2. The van der Waals surface area contributed by atoms with Crippen LogP contribution in [0.5, 0.6) is 0 Å². The molecular weight excluding hydrogens is 494 g/mol. The van der Waals surface area contributed by atoms with Crippen LogP contribution in [0.3, 0.4) is 0 Å². The first-order chi connectivity index (χ1) is 17.2. The highest BCUT2D eigenvalue weighted by atomic mass is 16.4. The monoisotopic (exact) mass is 531 g/mol. The zero-order valence-electron chi connectivity index (χ0n) is 21.2. The van der Waals surface area contributed by atoms with E-state index in [0.29, 0.717) is 19.4 Å². The lowest BCUT2D eigenvalue weighted by molar-refractivity contribution is -0.145. The van der Waals surface area contributed by atoms with Crippen molar-refractivity contribution in [2.24, 2.45) is 11.5 Å². The Morgan fingerprint density at radius 1 is 0.811 bits per heavy atom. The molecule has 0 aromatic rings. The first kappa shape index (κ1) is 33.2. The predicted molar refractivity (Wildman–Crippen MR) is 129 cm³/mol. The minimum Gasteiger partial charge on any atom is -0.481 e. The SMILES string of the molecule is C[C@H](N)C(=O)N(C)CC(=O)NCC(=O)N[C@@H](CC(=O)O)C(=O)N(C)CC(=O)N[C@@H](CCCCN)C(=O)O. The maximum Gasteiger partial charge on any atom is 0.326 e. The fraction of sp³-hybridized carbons (Fsp3) is 0.667. The van der Waals surface area contributed by atoms with Crippen LogP contribution in [0.1, 0.15) is 32.6 Å². The normalized spacial score (nSPS) is 12.9. The zero-order chi connectivity index (χ0) is 28.7. The first-order valence-corrected chi connectivity index (χ1v) is 11.4. The number of nitrogens with one attached hydrogen (secondary N) is 3. The standard InChI is InChI=1S/C21H37N7O9/c1-12(23)19(34)27(2)10-16(30)24-9-15(29)26-14(8-18(32)33)20(35)28(3)11-17(31)25-13(21(36)37)6-4-5-7-22/h12-14H,4-11,22-23H2,1-3H3,(H,24,30)(H,25,31)(H,26,29)(H,32,33)(H,36,37)/t12-,13-,14-/m0/s1. The molecule has 0 unspecified atom stereocenters. The fourth-order valence-corrected chi connectivity index (χ4v) is 3.05. The van der Waals surface area contributed by atoms with Crippen molar-refractivity contribution < 1.29 is 43.8 Å². The summed E-state index contributed by atoms with van der Waals surface area (Å²) in [6.45, 7) is 0.213. The van der Waals surface area contributed by atoms with Gasteiger partial charge in [-0.3, -0.25) is 28.8 Å². The number of amides is 5. The second kappa shape index (κ2) is 16.8. The minimum atomic E-state index is -1.57. The molecule has 0 aromatic carbocycles. The maximum atomic E-state index is 12.7. The van der Waals surface area contributed by atoms with E-state index in [1.54, 1.807) is 0 Å². The van der Waals surface area contributed by atoms with E-state index in [0.717, 1.165) is 9.80 Å². The molecule has 0 aliphatic rings. The molecule has 9 N–H and O–H groups in total. The van der Waals surface area contributed by atoms with Crippen LogP contribution in [0.25, 0.3) is 0 Å². The first-order valence-electron chi connectivity index (χ1n) is 11.4. The highest BCUT2D eigenvalue weighted by molar-refractivity contribution is 5.95. The molecule has 0 saturated carbocycles. The smallest absolute Gasteiger partial charge is 0.326 e. The topological polar surface area (TPSA) is 255 Å². The van der Waals surface area contributed by atoms with Gasteiger partial charge >= 0.3 is 11.9 Å². The molecule has 0 saturated heterocycles. The number of carboxylic acids is 2. The van der Waals surface area contributed by atoms with Crippen molar-refractivity contribution in [2.75, 3.05) is 40.3 Å². The van der Waals surface area contributed by atoms with Gasteiger partial charge in [-0.1, -0.05) is 0 Å². The van der Waals surface area contributed by atoms with Crippen LogP contribution in [0.4, 0.5) is 0 Å². The van der Waals surface area contributed by atoms with Crippen molar-refractivity contribution in [3.8, 4) is 0 Å². The molecule has 5 amide bonds. The van der Waals surface area contributed by atoms with Crippen LogP contribution < -0.4 is 27.4 Å². The van der Waals surface area contributed by atoms with Gasteiger partial charge in [0.25, 0.3) is 0 Å². The Hall–Kier alpha value is -3.79. The van der Waals surface area contributed by atoms with Gasteiger partial charge < -0.3 is 47.4 Å². The van der Waals surface area contributed by atoms with Gasteiger partial charge in [0.05, 0.1) is 32.1 Å². The average Bonchev–Trinajstić information content (AvgIpc) is 2.80. The third-order valence-electron chi connectivity index (χ3n) is 4.94. The Bertz CT molecular complexity index is 850. The number of carbonyl (C=O) groups excluding carboxylic acids is 5. The van der Waals surface area contributed by atoms with Gasteiger partial charge in [0.2, 0.25) is 29.5 Å². The van der Waals surface area contributed by atoms with Crippen molar-refractivity contribution in [3.63, 3.8) is 0 Å². The Labute approximate surface area is 214 Å². The van der Waals surface area contributed by atoms with Crippen molar-refractivity contribution in [2.45, 2.75) is 50.7 Å². The van der Waals surface area contributed by atoms with E-state index in [9.17, 15) is 38.7 Å². The summed E-state index contributed by atoms with van der Waals surface area (Å²) < 4.78 is 0. The number of rotatable bonds is 17. The number of unbranched alkanes of at least 4 members (excludes halogenated alkanes) is 1. The number of nitrogens with two attached hydrogens (primary N) is 2. The van der Waals surface area contributed by atoms with Crippen molar-refractivity contribution in [3.05, 3.63) is 0 Å². The molecule has 0 bridgehead atoms. The average molecular weight is 532 g/mol. The van der Waals surface area contributed by atoms with Crippen LogP contribution in [-0.4, -0.2) is 120 Å². The highest BCUT2D eigenvalue weighted by Gasteiger charge is 2.29. The fourth-order valence-electron chi connectivity index (χ4n) is 3.05. The predicted octanol–water partition coefficient (Wildman–Crippen LogP) is -3.98. The second-order valence-corrected chi connectivity index (χ2v) is 8.41. The van der Waals surface area contributed by atoms with Crippen molar-refractivity contribution >= 4 is 41.5 Å². The summed E-state index contributed by atoms with van der Waals surface area (Å²) in [6, 6.07) is -3.58. The van der Waals surface area contributed by atoms with Gasteiger partial charge in [0.1, 0.15) is 12.1 Å². The zero-order valence-corrected chi connectivity index (χ0v) is 21.2.